The summed E-state index contributed by atoms with van der Waals surface area (Å²) in [6.07, 6.45) is 3.43. The van der Waals surface area contributed by atoms with Crippen molar-refractivity contribution in [2.75, 3.05) is 13.2 Å². The number of amides is 1. The maximum absolute atomic E-state index is 12.2. The molecule has 0 spiro atoms. The number of carbonyl (C=O) groups excluding carboxylic acids is 1. The Morgan fingerprint density at radius 2 is 2.00 bits per heavy atom. The number of carbonyl (C=O) groups is 1. The number of benzene rings is 2. The van der Waals surface area contributed by atoms with E-state index in [4.69, 9.17) is 9.47 Å². The van der Waals surface area contributed by atoms with Crippen molar-refractivity contribution >= 4 is 17.7 Å². The number of ether oxygens (including phenoxy) is 2. The third kappa shape index (κ3) is 5.90. The van der Waals surface area contributed by atoms with E-state index in [0.717, 1.165) is 18.4 Å². The van der Waals surface area contributed by atoms with Gasteiger partial charge in [-0.05, 0) is 54.3 Å². The summed E-state index contributed by atoms with van der Waals surface area (Å²) in [4.78, 5) is 22.4. The molecule has 8 heteroatoms. The zero-order chi connectivity index (χ0) is 21.3. The van der Waals surface area contributed by atoms with Crippen LogP contribution in [0.2, 0.25) is 0 Å². The minimum atomic E-state index is -0.449. The van der Waals surface area contributed by atoms with Gasteiger partial charge in [0.05, 0.1) is 11.0 Å². The Bertz CT molecular complexity index is 956. The number of hydrogen-bond donors (Lipinski definition) is 1. The fraction of sp³-hybridized carbons (Fsp3) is 0.273. The first kappa shape index (κ1) is 21.0. The molecule has 1 heterocycles. The average molecular weight is 407 g/mol. The van der Waals surface area contributed by atoms with E-state index in [2.05, 4.69) is 5.32 Å². The summed E-state index contributed by atoms with van der Waals surface area (Å²) in [6.45, 7) is 1.37. The normalized spacial score (nSPS) is 16.0. The van der Waals surface area contributed by atoms with Gasteiger partial charge in [-0.3, -0.25) is 14.9 Å². The summed E-state index contributed by atoms with van der Waals surface area (Å²) in [5, 5.41) is 22.7. The van der Waals surface area contributed by atoms with Crippen molar-refractivity contribution < 1.29 is 19.2 Å². The molecule has 0 bridgehead atoms. The Balaban J connectivity index is 1.54. The summed E-state index contributed by atoms with van der Waals surface area (Å²) < 4.78 is 11.1. The van der Waals surface area contributed by atoms with Crippen LogP contribution in [-0.4, -0.2) is 30.1 Å². The van der Waals surface area contributed by atoms with Crippen LogP contribution in [0.3, 0.4) is 0 Å². The molecule has 1 atom stereocenters. The van der Waals surface area contributed by atoms with Crippen molar-refractivity contribution in [2.45, 2.75) is 25.6 Å². The van der Waals surface area contributed by atoms with Gasteiger partial charge in [-0.25, -0.2) is 0 Å². The molecular weight excluding hydrogens is 386 g/mol. The molecule has 1 saturated heterocycles. The minimum Gasteiger partial charge on any atom is -0.489 e. The molecule has 2 aromatic carbocycles. The topological polar surface area (TPSA) is 114 Å². The fourth-order valence-electron chi connectivity index (χ4n) is 2.96. The monoisotopic (exact) mass is 407 g/mol. The summed E-state index contributed by atoms with van der Waals surface area (Å²) in [6, 6.07) is 15.0. The number of nitro groups is 1. The molecule has 1 aliphatic rings. The first-order valence-corrected chi connectivity index (χ1v) is 9.53. The zero-order valence-corrected chi connectivity index (χ0v) is 16.2. The number of nitrogens with one attached hydrogen (secondary N) is 1. The molecule has 0 saturated carbocycles. The van der Waals surface area contributed by atoms with Gasteiger partial charge in [0.15, 0.2) is 0 Å². The van der Waals surface area contributed by atoms with Crippen LogP contribution >= 0.6 is 0 Å². The van der Waals surface area contributed by atoms with Crippen LogP contribution in [-0.2, 0) is 16.1 Å². The number of nitriles is 1. The molecule has 1 unspecified atom stereocenters. The van der Waals surface area contributed by atoms with Crippen molar-refractivity contribution in [3.8, 4) is 11.8 Å². The SMILES string of the molecule is N#C/C(=C\c1ccc(OCc2ccc([N+](=O)[O-])cc2)cc1)C(=O)NCC1CCCO1. The van der Waals surface area contributed by atoms with Gasteiger partial charge >= 0.3 is 0 Å². The predicted octanol–water partition coefficient (Wildman–Crippen LogP) is 3.38. The molecular formula is C22H21N3O5. The molecule has 154 valence electrons. The van der Waals surface area contributed by atoms with Gasteiger partial charge in [0.25, 0.3) is 11.6 Å². The largest absolute Gasteiger partial charge is 0.489 e. The van der Waals surface area contributed by atoms with Crippen LogP contribution in [0.4, 0.5) is 5.69 Å². The molecule has 3 rings (SSSR count). The molecule has 2 aromatic rings. The van der Waals surface area contributed by atoms with E-state index >= 15 is 0 Å². The van der Waals surface area contributed by atoms with Crippen LogP contribution < -0.4 is 10.1 Å². The lowest BCUT2D eigenvalue weighted by atomic mass is 10.1. The van der Waals surface area contributed by atoms with Gasteiger partial charge in [0.1, 0.15) is 24.0 Å². The van der Waals surface area contributed by atoms with Crippen molar-refractivity contribution in [1.29, 1.82) is 5.26 Å². The highest BCUT2D eigenvalue weighted by Crippen LogP contribution is 2.18. The van der Waals surface area contributed by atoms with Crippen LogP contribution in [0.5, 0.6) is 5.75 Å². The van der Waals surface area contributed by atoms with E-state index in [1.807, 2.05) is 6.07 Å². The summed E-state index contributed by atoms with van der Waals surface area (Å²) in [7, 11) is 0. The second-order valence-electron chi connectivity index (χ2n) is 6.80. The second kappa shape index (κ2) is 10.2. The second-order valence-corrected chi connectivity index (χ2v) is 6.80. The maximum atomic E-state index is 12.2. The molecule has 1 amide bonds. The Labute approximate surface area is 173 Å². The standard InChI is InChI=1S/C22H21N3O5/c23-13-18(22(26)24-14-21-2-1-11-29-21)12-16-5-9-20(10-6-16)30-15-17-3-7-19(8-4-17)25(27)28/h3-10,12,21H,1-2,11,14-15H2,(H,24,26)/b18-12+. The van der Waals surface area contributed by atoms with Gasteiger partial charge in [-0.1, -0.05) is 12.1 Å². The van der Waals surface area contributed by atoms with Gasteiger partial charge in [0.2, 0.25) is 0 Å². The Morgan fingerprint density at radius 1 is 1.27 bits per heavy atom. The molecule has 0 aromatic heterocycles. The average Bonchev–Trinajstić information content (AvgIpc) is 3.29. The fourth-order valence-corrected chi connectivity index (χ4v) is 2.96. The van der Waals surface area contributed by atoms with Gasteiger partial charge in [0, 0.05) is 25.3 Å². The third-order valence-corrected chi connectivity index (χ3v) is 4.62. The highest BCUT2D eigenvalue weighted by Gasteiger charge is 2.17. The molecule has 1 aliphatic heterocycles. The highest BCUT2D eigenvalue weighted by atomic mass is 16.6. The van der Waals surface area contributed by atoms with E-state index < -0.39 is 10.8 Å². The first-order chi connectivity index (χ1) is 14.5. The van der Waals surface area contributed by atoms with E-state index in [0.29, 0.717) is 24.5 Å². The van der Waals surface area contributed by atoms with Crippen molar-refractivity contribution in [3.05, 3.63) is 75.3 Å². The summed E-state index contributed by atoms with van der Waals surface area (Å²) in [5.74, 6) is 0.179. The lowest BCUT2D eigenvalue weighted by Crippen LogP contribution is -2.32. The zero-order valence-electron chi connectivity index (χ0n) is 16.2. The molecule has 1 fully saturated rings. The van der Waals surface area contributed by atoms with Crippen LogP contribution in [0.1, 0.15) is 24.0 Å². The van der Waals surface area contributed by atoms with Crippen molar-refractivity contribution in [2.24, 2.45) is 0 Å². The Morgan fingerprint density at radius 3 is 2.60 bits per heavy atom. The Kier molecular flexibility index (Phi) is 7.14. The quantitative estimate of drug-likeness (QED) is 0.310. The van der Waals surface area contributed by atoms with Gasteiger partial charge in [-0.2, -0.15) is 5.26 Å². The maximum Gasteiger partial charge on any atom is 0.269 e. The highest BCUT2D eigenvalue weighted by molar-refractivity contribution is 6.01. The number of hydrogen-bond acceptors (Lipinski definition) is 6. The van der Waals surface area contributed by atoms with Gasteiger partial charge < -0.3 is 14.8 Å². The van der Waals surface area contributed by atoms with E-state index in [-0.39, 0.29) is 24.0 Å². The smallest absolute Gasteiger partial charge is 0.269 e. The van der Waals surface area contributed by atoms with E-state index in [9.17, 15) is 20.2 Å². The van der Waals surface area contributed by atoms with E-state index in [1.54, 1.807) is 36.4 Å². The van der Waals surface area contributed by atoms with Crippen LogP contribution in [0.15, 0.2) is 54.1 Å². The number of nitrogens with zero attached hydrogens (tertiary/aromatic N) is 2. The Hall–Kier alpha value is -3.70. The first-order valence-electron chi connectivity index (χ1n) is 9.53. The third-order valence-electron chi connectivity index (χ3n) is 4.62. The number of rotatable bonds is 8. The molecule has 8 nitrogen and oxygen atoms in total. The van der Waals surface area contributed by atoms with E-state index in [1.165, 1.54) is 18.2 Å². The van der Waals surface area contributed by atoms with Crippen molar-refractivity contribution in [1.82, 2.24) is 5.32 Å². The van der Waals surface area contributed by atoms with Crippen LogP contribution in [0.25, 0.3) is 6.08 Å². The number of nitro benzene ring substituents is 1. The van der Waals surface area contributed by atoms with Crippen LogP contribution in [0, 0.1) is 21.4 Å². The minimum absolute atomic E-state index is 0.0149. The van der Waals surface area contributed by atoms with Gasteiger partial charge in [-0.15, -0.1) is 0 Å². The number of non-ortho nitro benzene ring substituents is 1. The lowest BCUT2D eigenvalue weighted by Gasteiger charge is -2.10. The molecule has 0 aliphatic carbocycles. The lowest BCUT2D eigenvalue weighted by molar-refractivity contribution is -0.384. The predicted molar refractivity (Wildman–Crippen MR) is 109 cm³/mol. The molecule has 0 radical (unpaired) electrons. The molecule has 30 heavy (non-hydrogen) atoms. The summed E-state index contributed by atoms with van der Waals surface area (Å²) in [5.41, 5.74) is 1.55. The summed E-state index contributed by atoms with van der Waals surface area (Å²) >= 11 is 0. The van der Waals surface area contributed by atoms with Crippen molar-refractivity contribution in [3.63, 3.8) is 0 Å². The molecule has 1 N–H and O–H groups in total.